The topological polar surface area (TPSA) is 55.2 Å². The molecule has 0 bridgehead atoms. The first kappa shape index (κ1) is 10.0. The molecule has 0 saturated heterocycles. The summed E-state index contributed by atoms with van der Waals surface area (Å²) in [6.07, 6.45) is 1.64. The molecular weight excluding hydrogens is 199 g/mol. The van der Waals surface area contributed by atoms with E-state index >= 15 is 0 Å². The van der Waals surface area contributed by atoms with Crippen molar-refractivity contribution in [3.05, 3.63) is 39.7 Å². The maximum atomic E-state index is 13.5. The molecule has 0 aromatic heterocycles. The van der Waals surface area contributed by atoms with Crippen LogP contribution in [0, 0.1) is 15.9 Å². The molecule has 1 aromatic carbocycles. The minimum atomic E-state index is -0.505. The van der Waals surface area contributed by atoms with E-state index in [0.717, 1.165) is 18.9 Å². The Morgan fingerprint density at radius 3 is 2.67 bits per heavy atom. The second kappa shape index (κ2) is 3.27. The molecule has 1 fully saturated rings. The van der Waals surface area contributed by atoms with Crippen molar-refractivity contribution in [2.24, 2.45) is 0 Å². The van der Waals surface area contributed by atoms with Gasteiger partial charge in [-0.25, -0.2) is 4.39 Å². The lowest BCUT2D eigenvalue weighted by Crippen LogP contribution is -2.25. The van der Waals surface area contributed by atoms with Crippen LogP contribution < -0.4 is 5.32 Å². The van der Waals surface area contributed by atoms with Crippen molar-refractivity contribution in [1.82, 2.24) is 5.32 Å². The largest absolute Gasteiger partial charge is 0.310 e. The van der Waals surface area contributed by atoms with Gasteiger partial charge in [-0.05, 0) is 26.0 Å². The highest BCUT2D eigenvalue weighted by atomic mass is 19.1. The van der Waals surface area contributed by atoms with E-state index in [2.05, 4.69) is 5.32 Å². The Hall–Kier alpha value is -1.49. The molecule has 0 unspecified atom stereocenters. The summed E-state index contributed by atoms with van der Waals surface area (Å²) in [6.45, 7) is 0. The molecule has 15 heavy (non-hydrogen) atoms. The van der Waals surface area contributed by atoms with Crippen LogP contribution in [0.2, 0.25) is 0 Å². The Morgan fingerprint density at radius 1 is 1.53 bits per heavy atom. The van der Waals surface area contributed by atoms with E-state index < -0.39 is 4.92 Å². The average Bonchev–Trinajstić information content (AvgIpc) is 2.99. The van der Waals surface area contributed by atoms with E-state index in [9.17, 15) is 14.5 Å². The van der Waals surface area contributed by atoms with Gasteiger partial charge >= 0.3 is 0 Å². The standard InChI is InChI=1S/C10H11FN2O2/c1-12-10(4-5-10)8-6-7(13(14)15)2-3-9(8)11/h2-3,6,12H,4-5H2,1H3. The summed E-state index contributed by atoms with van der Waals surface area (Å²) >= 11 is 0. The van der Waals surface area contributed by atoms with Crippen molar-refractivity contribution in [3.63, 3.8) is 0 Å². The average molecular weight is 210 g/mol. The quantitative estimate of drug-likeness (QED) is 0.612. The Balaban J connectivity index is 2.46. The first-order chi connectivity index (χ1) is 7.09. The molecule has 80 valence electrons. The van der Waals surface area contributed by atoms with Gasteiger partial charge in [-0.3, -0.25) is 10.1 Å². The molecule has 1 aromatic rings. The molecule has 5 heteroatoms. The number of nitrogens with one attached hydrogen (secondary N) is 1. The Morgan fingerprint density at radius 2 is 2.20 bits per heavy atom. The number of benzene rings is 1. The molecule has 2 rings (SSSR count). The zero-order valence-electron chi connectivity index (χ0n) is 8.29. The summed E-state index contributed by atoms with van der Waals surface area (Å²) in [5.41, 5.74) is -0.0389. The highest BCUT2D eigenvalue weighted by Gasteiger charge is 2.45. The third-order valence-electron chi connectivity index (χ3n) is 2.90. The van der Waals surface area contributed by atoms with Crippen molar-refractivity contribution in [1.29, 1.82) is 0 Å². The fourth-order valence-electron chi connectivity index (χ4n) is 1.77. The van der Waals surface area contributed by atoms with Crippen LogP contribution in [0.25, 0.3) is 0 Å². The molecule has 1 aliphatic rings. The van der Waals surface area contributed by atoms with Crippen LogP contribution in [0.5, 0.6) is 0 Å². The van der Waals surface area contributed by atoms with Gasteiger partial charge in [0, 0.05) is 23.2 Å². The van der Waals surface area contributed by atoms with E-state index in [0.29, 0.717) is 5.56 Å². The number of nitrogens with zero attached hydrogens (tertiary/aromatic N) is 1. The number of hydrogen-bond donors (Lipinski definition) is 1. The van der Waals surface area contributed by atoms with Crippen molar-refractivity contribution >= 4 is 5.69 Å². The second-order valence-electron chi connectivity index (χ2n) is 3.75. The van der Waals surface area contributed by atoms with E-state index in [1.807, 2.05) is 0 Å². The van der Waals surface area contributed by atoms with Crippen LogP contribution >= 0.6 is 0 Å². The summed E-state index contributed by atoms with van der Waals surface area (Å²) in [4.78, 5) is 10.1. The predicted octanol–water partition coefficient (Wildman–Crippen LogP) is 1.94. The van der Waals surface area contributed by atoms with Gasteiger partial charge in [0.25, 0.3) is 5.69 Å². The Kier molecular flexibility index (Phi) is 2.19. The van der Waals surface area contributed by atoms with E-state index in [4.69, 9.17) is 0 Å². The number of hydrogen-bond acceptors (Lipinski definition) is 3. The monoisotopic (exact) mass is 210 g/mol. The van der Waals surface area contributed by atoms with Gasteiger partial charge in [0.2, 0.25) is 0 Å². The minimum Gasteiger partial charge on any atom is -0.310 e. The predicted molar refractivity (Wildman–Crippen MR) is 53.0 cm³/mol. The SMILES string of the molecule is CNC1(c2cc([N+](=O)[O-])ccc2F)CC1. The van der Waals surface area contributed by atoms with Crippen LogP contribution in [-0.2, 0) is 5.54 Å². The Labute approximate surface area is 86.3 Å². The van der Waals surface area contributed by atoms with Gasteiger partial charge in [-0.2, -0.15) is 0 Å². The van der Waals surface area contributed by atoms with Gasteiger partial charge < -0.3 is 5.32 Å². The lowest BCUT2D eigenvalue weighted by atomic mass is 10.0. The van der Waals surface area contributed by atoms with Gasteiger partial charge in [0.15, 0.2) is 0 Å². The van der Waals surface area contributed by atoms with Crippen molar-refractivity contribution in [2.45, 2.75) is 18.4 Å². The maximum absolute atomic E-state index is 13.5. The van der Waals surface area contributed by atoms with Crippen LogP contribution in [-0.4, -0.2) is 12.0 Å². The van der Waals surface area contributed by atoms with Gasteiger partial charge in [0.1, 0.15) is 5.82 Å². The zero-order chi connectivity index (χ0) is 11.1. The van der Waals surface area contributed by atoms with Crippen molar-refractivity contribution in [2.75, 3.05) is 7.05 Å². The molecule has 0 radical (unpaired) electrons. The lowest BCUT2D eigenvalue weighted by molar-refractivity contribution is -0.385. The van der Waals surface area contributed by atoms with Gasteiger partial charge in [0.05, 0.1) is 4.92 Å². The van der Waals surface area contributed by atoms with Crippen LogP contribution in [0.15, 0.2) is 18.2 Å². The third kappa shape index (κ3) is 1.59. The number of nitro groups is 1. The van der Waals surface area contributed by atoms with E-state index in [1.165, 1.54) is 12.1 Å². The fraction of sp³-hybridized carbons (Fsp3) is 0.400. The summed E-state index contributed by atoms with van der Waals surface area (Å²) < 4.78 is 13.5. The van der Waals surface area contributed by atoms with Crippen LogP contribution in [0.1, 0.15) is 18.4 Å². The summed E-state index contributed by atoms with van der Waals surface area (Å²) in [6, 6.07) is 3.66. The molecule has 0 aliphatic heterocycles. The van der Waals surface area contributed by atoms with Gasteiger partial charge in [-0.15, -0.1) is 0 Å². The first-order valence-electron chi connectivity index (χ1n) is 4.72. The number of halogens is 1. The maximum Gasteiger partial charge on any atom is 0.269 e. The van der Waals surface area contributed by atoms with Gasteiger partial charge in [-0.1, -0.05) is 0 Å². The molecule has 1 saturated carbocycles. The summed E-state index contributed by atoms with van der Waals surface area (Å²) in [5, 5.41) is 13.6. The van der Waals surface area contributed by atoms with Crippen LogP contribution in [0.4, 0.5) is 10.1 Å². The fourth-order valence-corrected chi connectivity index (χ4v) is 1.77. The first-order valence-corrected chi connectivity index (χ1v) is 4.72. The smallest absolute Gasteiger partial charge is 0.269 e. The molecule has 0 heterocycles. The minimum absolute atomic E-state index is 0.0621. The second-order valence-corrected chi connectivity index (χ2v) is 3.75. The summed E-state index contributed by atoms with van der Waals surface area (Å²) in [5.74, 6) is -0.382. The normalized spacial score (nSPS) is 17.5. The highest BCUT2D eigenvalue weighted by molar-refractivity contribution is 5.41. The summed E-state index contributed by atoms with van der Waals surface area (Å²) in [7, 11) is 1.74. The van der Waals surface area contributed by atoms with E-state index in [1.54, 1.807) is 7.05 Å². The zero-order valence-corrected chi connectivity index (χ0v) is 8.29. The van der Waals surface area contributed by atoms with E-state index in [-0.39, 0.29) is 17.0 Å². The molecule has 1 N–H and O–H groups in total. The Bertz CT molecular complexity index is 416. The molecule has 0 atom stereocenters. The van der Waals surface area contributed by atoms with Crippen LogP contribution in [0.3, 0.4) is 0 Å². The van der Waals surface area contributed by atoms with Crippen molar-refractivity contribution < 1.29 is 9.31 Å². The lowest BCUT2D eigenvalue weighted by Gasteiger charge is -2.14. The molecule has 1 aliphatic carbocycles. The molecular formula is C10H11FN2O2. The van der Waals surface area contributed by atoms with Crippen molar-refractivity contribution in [3.8, 4) is 0 Å². The third-order valence-corrected chi connectivity index (χ3v) is 2.90. The number of non-ortho nitro benzene ring substituents is 1. The molecule has 0 amide bonds. The molecule has 4 nitrogen and oxygen atoms in total. The number of rotatable bonds is 3. The number of nitro benzene ring substituents is 1. The highest BCUT2D eigenvalue weighted by Crippen LogP contribution is 2.46. The molecule has 0 spiro atoms.